The Labute approximate surface area is 347 Å². The predicted molar refractivity (Wildman–Crippen MR) is 224 cm³/mol. The number of amides is 4. The van der Waals surface area contributed by atoms with Crippen molar-refractivity contribution >= 4 is 60.0 Å². The van der Waals surface area contributed by atoms with E-state index in [2.05, 4.69) is 33.4 Å². The summed E-state index contributed by atoms with van der Waals surface area (Å²) in [5.74, 6) is -1.85. The number of rotatable bonds is 18. The van der Waals surface area contributed by atoms with Crippen LogP contribution in [-0.2, 0) is 35.2 Å². The Kier molecular flexibility index (Phi) is 20.0. The number of nitrogens with one attached hydrogen (secondary N) is 4. The summed E-state index contributed by atoms with van der Waals surface area (Å²) in [5.41, 5.74) is 1.95. The zero-order valence-corrected chi connectivity index (χ0v) is 36.3. The number of aryl methyl sites for hydroxylation is 1. The van der Waals surface area contributed by atoms with Crippen LogP contribution >= 0.6 is 24.8 Å². The Hall–Kier alpha value is -3.06. The Morgan fingerprint density at radius 3 is 1.93 bits per heavy atom. The highest BCUT2D eigenvalue weighted by molar-refractivity contribution is 5.94. The van der Waals surface area contributed by atoms with Crippen LogP contribution in [0.25, 0.3) is 0 Å². The maximum absolute atomic E-state index is 14.1. The Morgan fingerprint density at radius 1 is 0.750 bits per heavy atom. The van der Waals surface area contributed by atoms with Crippen LogP contribution < -0.4 is 21.3 Å². The van der Waals surface area contributed by atoms with Crippen molar-refractivity contribution in [2.75, 3.05) is 33.7 Å². The number of likely N-dealkylation sites (N-methyl/N-ethyl adjacent to an activating group) is 2. The maximum atomic E-state index is 14.1. The molecule has 1 aromatic carbocycles. The van der Waals surface area contributed by atoms with E-state index in [0.717, 1.165) is 31.2 Å². The Morgan fingerprint density at radius 2 is 1.32 bits per heavy atom. The molecule has 1 aromatic rings. The van der Waals surface area contributed by atoms with Crippen LogP contribution in [0.1, 0.15) is 122 Å². The first-order chi connectivity index (χ1) is 25.7. The first-order valence-electron chi connectivity index (χ1n) is 20.3. The van der Waals surface area contributed by atoms with Crippen molar-refractivity contribution < 1.29 is 28.8 Å². The molecule has 0 unspecified atom stereocenters. The molecule has 2 heterocycles. The fraction of sp³-hybridized carbons (Fsp3) is 0.714. The number of hydrogen-bond acceptors (Lipinski definition) is 8. The second kappa shape index (κ2) is 22.8. The first kappa shape index (κ1) is 49.1. The number of benzene rings is 1. The van der Waals surface area contributed by atoms with Crippen LogP contribution in [0.15, 0.2) is 24.3 Å². The van der Waals surface area contributed by atoms with Gasteiger partial charge in [-0.1, -0.05) is 51.5 Å². The first-order valence-corrected chi connectivity index (χ1v) is 20.3. The van der Waals surface area contributed by atoms with Crippen LogP contribution in [0, 0.1) is 17.3 Å². The van der Waals surface area contributed by atoms with Gasteiger partial charge in [0.15, 0.2) is 0 Å². The number of unbranched alkanes of at least 4 members (excludes halogenated alkanes) is 1. The Balaban J connectivity index is 0.00000541. The van der Waals surface area contributed by atoms with Gasteiger partial charge < -0.3 is 31.1 Å². The van der Waals surface area contributed by atoms with Gasteiger partial charge in [0.25, 0.3) is 0 Å². The van der Waals surface area contributed by atoms with Crippen LogP contribution in [0.3, 0.4) is 0 Å². The lowest BCUT2D eigenvalue weighted by Crippen LogP contribution is -2.50. The minimum Gasteiger partial charge on any atom is -0.354 e. The van der Waals surface area contributed by atoms with E-state index in [9.17, 15) is 28.8 Å². The molecule has 7 atom stereocenters. The van der Waals surface area contributed by atoms with Gasteiger partial charge in [-0.15, -0.1) is 24.8 Å². The third-order valence-electron chi connectivity index (χ3n) is 12.0. The van der Waals surface area contributed by atoms with Gasteiger partial charge in [-0.2, -0.15) is 0 Å². The number of likely N-dealkylation sites (tertiary alicyclic amines) is 2. The fourth-order valence-corrected chi connectivity index (χ4v) is 8.25. The third kappa shape index (κ3) is 12.7. The summed E-state index contributed by atoms with van der Waals surface area (Å²) in [5, 5.41) is 12.2. The third-order valence-corrected chi connectivity index (χ3v) is 12.0. The van der Waals surface area contributed by atoms with E-state index in [1.165, 1.54) is 5.56 Å². The van der Waals surface area contributed by atoms with Gasteiger partial charge in [0, 0.05) is 44.3 Å². The molecule has 0 spiro atoms. The molecule has 14 heteroatoms. The highest BCUT2D eigenvalue weighted by atomic mass is 35.5. The van der Waals surface area contributed by atoms with Crippen molar-refractivity contribution in [3.8, 4) is 0 Å². The molecule has 0 bridgehead atoms. The minimum atomic E-state index is -0.588. The smallest absolute Gasteiger partial charge is 0.243 e. The zero-order chi connectivity index (χ0) is 39.6. The van der Waals surface area contributed by atoms with E-state index >= 15 is 0 Å². The van der Waals surface area contributed by atoms with Crippen molar-refractivity contribution in [3.63, 3.8) is 0 Å². The number of Topliss-reactive ketones (excluding diaryl/α,β-unsaturated/α-hetero) is 2. The topological polar surface area (TPSA) is 157 Å². The second-order valence-corrected chi connectivity index (χ2v) is 16.8. The van der Waals surface area contributed by atoms with Crippen molar-refractivity contribution in [2.45, 2.75) is 142 Å². The van der Waals surface area contributed by atoms with Crippen LogP contribution in [0.4, 0.5) is 0 Å². The molecule has 3 aliphatic rings. The second-order valence-electron chi connectivity index (χ2n) is 16.8. The van der Waals surface area contributed by atoms with E-state index in [1.807, 2.05) is 32.9 Å². The highest BCUT2D eigenvalue weighted by Gasteiger charge is 2.42. The monoisotopic (exact) mass is 822 g/mol. The molecule has 316 valence electrons. The van der Waals surface area contributed by atoms with Gasteiger partial charge in [-0.3, -0.25) is 28.8 Å². The molecule has 2 saturated heterocycles. The Bertz CT molecular complexity index is 1500. The molecule has 0 saturated carbocycles. The molecule has 56 heavy (non-hydrogen) atoms. The number of nitrogens with zero attached hydrogens (tertiary/aromatic N) is 2. The summed E-state index contributed by atoms with van der Waals surface area (Å²) in [4.78, 5) is 84.3. The summed E-state index contributed by atoms with van der Waals surface area (Å²) in [6.07, 6.45) is 7.31. The molecule has 2 fully saturated rings. The van der Waals surface area contributed by atoms with Gasteiger partial charge >= 0.3 is 0 Å². The summed E-state index contributed by atoms with van der Waals surface area (Å²) < 4.78 is 0. The molecule has 4 rings (SSSR count). The van der Waals surface area contributed by atoms with Crippen LogP contribution in [0.2, 0.25) is 0 Å². The van der Waals surface area contributed by atoms with Gasteiger partial charge in [0.1, 0.15) is 23.7 Å². The number of carbonyl (C=O) groups excluding carboxylic acids is 6. The van der Waals surface area contributed by atoms with Crippen molar-refractivity contribution in [2.24, 2.45) is 17.3 Å². The number of hydrogen-bond donors (Lipinski definition) is 4. The summed E-state index contributed by atoms with van der Waals surface area (Å²) in [7, 11) is 3.44. The van der Waals surface area contributed by atoms with Gasteiger partial charge in [0.05, 0.1) is 18.1 Å². The average molecular weight is 824 g/mol. The van der Waals surface area contributed by atoms with Gasteiger partial charge in [0.2, 0.25) is 23.6 Å². The van der Waals surface area contributed by atoms with Crippen LogP contribution in [0.5, 0.6) is 0 Å². The normalized spacial score (nSPS) is 21.4. The van der Waals surface area contributed by atoms with Gasteiger partial charge in [-0.25, -0.2) is 0 Å². The van der Waals surface area contributed by atoms with E-state index in [4.69, 9.17) is 0 Å². The lowest BCUT2D eigenvalue weighted by atomic mass is 9.76. The SMILES string of the molecule is CN[C@@H](C)C(=O)C[C@@H](CCCCNC(=O)[C@@H]1CCCN1C(=O)[C@@H](CC(=O)[C@H](C)NC)C(C)(C)C)C(=O)N1CCC[C@H]1C(=O)N[C@@H]1CCCc2ccccc21.Cl.Cl. The number of carbonyl (C=O) groups is 6. The molecule has 1 aliphatic carbocycles. The largest absolute Gasteiger partial charge is 0.354 e. The summed E-state index contributed by atoms with van der Waals surface area (Å²) in [6, 6.07) is 6.23. The number of ketones is 2. The van der Waals surface area contributed by atoms with Gasteiger partial charge in [-0.05, 0) is 102 Å². The van der Waals surface area contributed by atoms with Crippen molar-refractivity contribution in [1.29, 1.82) is 0 Å². The minimum absolute atomic E-state index is 0. The van der Waals surface area contributed by atoms with E-state index < -0.39 is 35.4 Å². The molecule has 0 aromatic heterocycles. The van der Waals surface area contributed by atoms with Crippen molar-refractivity contribution in [1.82, 2.24) is 31.1 Å². The molecule has 0 radical (unpaired) electrons. The van der Waals surface area contributed by atoms with E-state index in [1.54, 1.807) is 37.7 Å². The van der Waals surface area contributed by atoms with E-state index in [-0.39, 0.29) is 84.9 Å². The maximum Gasteiger partial charge on any atom is 0.243 e. The molecular weight excluding hydrogens is 755 g/mol. The zero-order valence-electron chi connectivity index (χ0n) is 34.6. The molecular formula is C42H68Cl2N6O6. The lowest BCUT2D eigenvalue weighted by molar-refractivity contribution is -0.146. The average Bonchev–Trinajstić information content (AvgIpc) is 3.86. The lowest BCUT2D eigenvalue weighted by Gasteiger charge is -2.35. The highest BCUT2D eigenvalue weighted by Crippen LogP contribution is 2.34. The van der Waals surface area contributed by atoms with Crippen molar-refractivity contribution in [3.05, 3.63) is 35.4 Å². The number of halogens is 2. The summed E-state index contributed by atoms with van der Waals surface area (Å²) >= 11 is 0. The predicted octanol–water partition coefficient (Wildman–Crippen LogP) is 4.71. The van der Waals surface area contributed by atoms with E-state index in [0.29, 0.717) is 58.2 Å². The molecule has 4 amide bonds. The quantitative estimate of drug-likeness (QED) is 0.155. The number of fused-ring (bicyclic) bond motifs is 1. The molecule has 4 N–H and O–H groups in total. The molecule has 2 aliphatic heterocycles. The standard InChI is InChI=1S/C42H66N6O6.2ClH/c1-27(43-6)36(49)25-30(40(53)47-23-14-21-35(47)39(52)46-33-19-12-17-29-15-8-9-18-31(29)33)16-10-11-22-45-38(51)34-20-13-24-48(34)41(54)32(42(3,4)5)26-37(50)28(2)44-7;;/h8-9,15,18,27-28,30,32-35,43-44H,10-14,16-17,19-26H2,1-7H3,(H,45,51)(H,46,52);2*1H/t27-,28-,30+,32+,33+,34-,35-;;/m0../s1. The fourth-order valence-electron chi connectivity index (χ4n) is 8.25. The summed E-state index contributed by atoms with van der Waals surface area (Å²) in [6.45, 7) is 10.8. The van der Waals surface area contributed by atoms with Crippen LogP contribution in [-0.4, -0.2) is 103 Å². The molecule has 12 nitrogen and oxygen atoms in total.